The summed E-state index contributed by atoms with van der Waals surface area (Å²) in [5.41, 5.74) is 0.973. The maximum absolute atomic E-state index is 12.7. The molecule has 0 aliphatic carbocycles. The Balaban J connectivity index is 2.13. The fourth-order valence-corrected chi connectivity index (χ4v) is 3.18. The molecule has 0 saturated heterocycles. The van der Waals surface area contributed by atoms with E-state index in [9.17, 15) is 4.79 Å². The highest BCUT2D eigenvalue weighted by Crippen LogP contribution is 2.25. The highest BCUT2D eigenvalue weighted by Gasteiger charge is 2.12. The average Bonchev–Trinajstić information content (AvgIpc) is 2.58. The largest absolute Gasteiger partial charge is 0.287 e. The number of rotatable bonds is 4. The zero-order chi connectivity index (χ0) is 16.2. The summed E-state index contributed by atoms with van der Waals surface area (Å²) in [5, 5.41) is 10.8. The molecule has 0 spiro atoms. The highest BCUT2D eigenvalue weighted by molar-refractivity contribution is 7.99. The minimum atomic E-state index is -0.0450. The summed E-state index contributed by atoms with van der Waals surface area (Å²) < 4.78 is 1.67. The van der Waals surface area contributed by atoms with Crippen molar-refractivity contribution in [3.05, 3.63) is 58.5 Å². The molecule has 3 rings (SSSR count). The Bertz CT molecular complexity index is 959. The van der Waals surface area contributed by atoms with Crippen LogP contribution in [0.1, 0.15) is 19.0 Å². The number of pyridine rings is 1. The number of hydrogen-bond donors (Lipinski definition) is 0. The van der Waals surface area contributed by atoms with E-state index in [1.807, 2.05) is 37.3 Å². The Morgan fingerprint density at radius 2 is 2.00 bits per heavy atom. The van der Waals surface area contributed by atoms with Crippen molar-refractivity contribution >= 4 is 22.7 Å². The first-order chi connectivity index (χ1) is 11.2. The van der Waals surface area contributed by atoms with E-state index in [4.69, 9.17) is 5.26 Å². The van der Waals surface area contributed by atoms with Gasteiger partial charge in [0.2, 0.25) is 0 Å². The van der Waals surface area contributed by atoms with Crippen molar-refractivity contribution in [2.45, 2.75) is 30.1 Å². The minimum Gasteiger partial charge on any atom is -0.287 e. The van der Waals surface area contributed by atoms with Crippen molar-refractivity contribution in [1.29, 1.82) is 5.26 Å². The zero-order valence-corrected chi connectivity index (χ0v) is 13.4. The molecule has 0 atom stereocenters. The van der Waals surface area contributed by atoms with E-state index in [2.05, 4.69) is 9.97 Å². The van der Waals surface area contributed by atoms with Crippen molar-refractivity contribution in [3.63, 3.8) is 0 Å². The Morgan fingerprint density at radius 3 is 2.78 bits per heavy atom. The quantitative estimate of drug-likeness (QED) is 0.690. The second kappa shape index (κ2) is 6.63. The molecule has 5 nitrogen and oxygen atoms in total. The molecular weight excluding hydrogens is 308 g/mol. The van der Waals surface area contributed by atoms with Crippen molar-refractivity contribution < 1.29 is 0 Å². The van der Waals surface area contributed by atoms with Crippen LogP contribution in [0.2, 0.25) is 0 Å². The predicted octanol–water partition coefficient (Wildman–Crippen LogP) is 3.22. The molecule has 0 saturated carbocycles. The van der Waals surface area contributed by atoms with Crippen LogP contribution in [0.15, 0.2) is 57.4 Å². The molecule has 3 aromatic rings. The lowest BCUT2D eigenvalue weighted by Gasteiger charge is -2.11. The van der Waals surface area contributed by atoms with Gasteiger partial charge in [0.25, 0.3) is 5.56 Å². The fraction of sp³-hybridized carbons (Fsp3) is 0.176. The molecular formula is C17H14N4OS. The molecule has 114 valence electrons. The lowest BCUT2D eigenvalue weighted by molar-refractivity contribution is 0.584. The second-order valence-corrected chi connectivity index (χ2v) is 5.93. The number of nitriles is 1. The van der Waals surface area contributed by atoms with Crippen LogP contribution >= 0.6 is 11.8 Å². The first-order valence-electron chi connectivity index (χ1n) is 7.27. The molecule has 2 heterocycles. The molecule has 1 aromatic carbocycles. The summed E-state index contributed by atoms with van der Waals surface area (Å²) in [6.07, 6.45) is 0.832. The summed E-state index contributed by atoms with van der Waals surface area (Å²) in [6, 6.07) is 14.6. The van der Waals surface area contributed by atoms with E-state index in [0.717, 1.165) is 6.42 Å². The predicted molar refractivity (Wildman–Crippen MR) is 89.4 cm³/mol. The van der Waals surface area contributed by atoms with Crippen LogP contribution in [-0.2, 0) is 6.54 Å². The van der Waals surface area contributed by atoms with E-state index in [0.29, 0.717) is 33.3 Å². The molecule has 0 aliphatic heterocycles. The Labute approximate surface area is 137 Å². The number of aromatic nitrogens is 3. The first kappa shape index (κ1) is 15.3. The van der Waals surface area contributed by atoms with E-state index in [1.165, 1.54) is 11.8 Å². The SMILES string of the molecule is CCCn1c(Sc2cccc(C#N)n2)nc2ccccc2c1=O. The summed E-state index contributed by atoms with van der Waals surface area (Å²) in [5.74, 6) is 0. The van der Waals surface area contributed by atoms with Crippen molar-refractivity contribution in [2.24, 2.45) is 0 Å². The smallest absolute Gasteiger partial charge is 0.262 e. The van der Waals surface area contributed by atoms with Crippen LogP contribution in [-0.4, -0.2) is 14.5 Å². The van der Waals surface area contributed by atoms with Gasteiger partial charge in [0.15, 0.2) is 5.16 Å². The molecule has 0 radical (unpaired) electrons. The Morgan fingerprint density at radius 1 is 1.17 bits per heavy atom. The molecule has 6 heteroatoms. The second-order valence-electron chi connectivity index (χ2n) is 4.94. The molecule has 23 heavy (non-hydrogen) atoms. The number of para-hydroxylation sites is 1. The lowest BCUT2D eigenvalue weighted by Crippen LogP contribution is -2.23. The van der Waals surface area contributed by atoms with Crippen LogP contribution in [0, 0.1) is 11.3 Å². The lowest BCUT2D eigenvalue weighted by atomic mass is 10.2. The van der Waals surface area contributed by atoms with Gasteiger partial charge in [-0.15, -0.1) is 0 Å². The van der Waals surface area contributed by atoms with Crippen molar-refractivity contribution in [1.82, 2.24) is 14.5 Å². The van der Waals surface area contributed by atoms with Crippen LogP contribution in [0.5, 0.6) is 0 Å². The normalized spacial score (nSPS) is 10.6. The standard InChI is InChI=1S/C17H14N4OS/c1-2-10-21-16(22)13-7-3-4-8-14(13)20-17(21)23-15-9-5-6-12(11-18)19-15/h3-9H,2,10H2,1H3. The molecule has 0 fully saturated rings. The van der Waals surface area contributed by atoms with E-state index < -0.39 is 0 Å². The van der Waals surface area contributed by atoms with Gasteiger partial charge < -0.3 is 0 Å². The molecule has 0 unspecified atom stereocenters. The maximum atomic E-state index is 12.7. The Hall–Kier alpha value is -2.65. The summed E-state index contributed by atoms with van der Waals surface area (Å²) in [7, 11) is 0. The molecule has 0 bridgehead atoms. The third-order valence-corrected chi connectivity index (χ3v) is 4.24. The molecule has 0 N–H and O–H groups in total. The molecule has 0 aliphatic rings. The number of hydrogen-bond acceptors (Lipinski definition) is 5. The maximum Gasteiger partial charge on any atom is 0.262 e. The van der Waals surface area contributed by atoms with Crippen LogP contribution in [0.3, 0.4) is 0 Å². The van der Waals surface area contributed by atoms with Crippen LogP contribution in [0.25, 0.3) is 10.9 Å². The number of benzene rings is 1. The molecule has 2 aromatic heterocycles. The molecule has 0 amide bonds. The highest BCUT2D eigenvalue weighted by atomic mass is 32.2. The van der Waals surface area contributed by atoms with E-state index in [1.54, 1.807) is 22.8 Å². The van der Waals surface area contributed by atoms with Gasteiger partial charge in [-0.05, 0) is 42.4 Å². The van der Waals surface area contributed by atoms with Gasteiger partial charge in [0.05, 0.1) is 10.9 Å². The average molecular weight is 322 g/mol. The zero-order valence-electron chi connectivity index (χ0n) is 12.6. The van der Waals surface area contributed by atoms with Crippen LogP contribution in [0.4, 0.5) is 0 Å². The number of nitrogens with zero attached hydrogens (tertiary/aromatic N) is 4. The van der Waals surface area contributed by atoms with Gasteiger partial charge in [-0.2, -0.15) is 5.26 Å². The summed E-state index contributed by atoms with van der Waals surface area (Å²) in [6.45, 7) is 2.61. The van der Waals surface area contributed by atoms with Gasteiger partial charge in [-0.25, -0.2) is 9.97 Å². The van der Waals surface area contributed by atoms with Crippen molar-refractivity contribution in [3.8, 4) is 6.07 Å². The summed E-state index contributed by atoms with van der Waals surface area (Å²) in [4.78, 5) is 21.5. The van der Waals surface area contributed by atoms with Gasteiger partial charge in [-0.3, -0.25) is 9.36 Å². The Kier molecular flexibility index (Phi) is 4.40. The van der Waals surface area contributed by atoms with Crippen LogP contribution < -0.4 is 5.56 Å². The van der Waals surface area contributed by atoms with Gasteiger partial charge >= 0.3 is 0 Å². The topological polar surface area (TPSA) is 71.6 Å². The first-order valence-corrected chi connectivity index (χ1v) is 8.09. The van der Waals surface area contributed by atoms with Gasteiger partial charge in [0.1, 0.15) is 16.8 Å². The van der Waals surface area contributed by atoms with E-state index in [-0.39, 0.29) is 5.56 Å². The number of fused-ring (bicyclic) bond motifs is 1. The van der Waals surface area contributed by atoms with E-state index >= 15 is 0 Å². The third kappa shape index (κ3) is 3.10. The van der Waals surface area contributed by atoms with Gasteiger partial charge in [-0.1, -0.05) is 25.1 Å². The monoisotopic (exact) mass is 322 g/mol. The minimum absolute atomic E-state index is 0.0450. The fourth-order valence-electron chi connectivity index (χ4n) is 2.27. The van der Waals surface area contributed by atoms with Gasteiger partial charge in [0, 0.05) is 6.54 Å². The van der Waals surface area contributed by atoms with Crippen molar-refractivity contribution in [2.75, 3.05) is 0 Å². The summed E-state index contributed by atoms with van der Waals surface area (Å²) >= 11 is 1.30. The third-order valence-electron chi connectivity index (χ3n) is 3.31.